The third kappa shape index (κ3) is 16.3. The summed E-state index contributed by atoms with van der Waals surface area (Å²) < 4.78 is 27.8. The number of nitrogens with one attached hydrogen (secondary N) is 4. The first-order valence-corrected chi connectivity index (χ1v) is 17.4. The van der Waals surface area contributed by atoms with Crippen molar-refractivity contribution in [2.75, 3.05) is 65.9 Å². The summed E-state index contributed by atoms with van der Waals surface area (Å²) in [6.07, 6.45) is -5.98. The second kappa shape index (κ2) is 24.6. The molecule has 10 N–H and O–H groups in total. The molecule has 1 aliphatic heterocycles. The monoisotopic (exact) mass is 738 g/mol. The van der Waals surface area contributed by atoms with Gasteiger partial charge in [0.2, 0.25) is 23.6 Å². The van der Waals surface area contributed by atoms with Crippen LogP contribution in [0.3, 0.4) is 0 Å². The molecular formula is C32H58N4O15. The summed E-state index contributed by atoms with van der Waals surface area (Å²) in [5.41, 5.74) is 0. The van der Waals surface area contributed by atoms with Crippen LogP contribution in [0, 0.1) is 5.92 Å². The molecule has 2 aliphatic rings. The van der Waals surface area contributed by atoms with E-state index < -0.39 is 73.4 Å². The molecule has 1 saturated carbocycles. The Hall–Kier alpha value is -2.56. The van der Waals surface area contributed by atoms with E-state index in [1.165, 1.54) is 13.8 Å². The van der Waals surface area contributed by atoms with Crippen molar-refractivity contribution < 1.29 is 73.5 Å². The Bertz CT molecular complexity index is 965. The van der Waals surface area contributed by atoms with Gasteiger partial charge in [0, 0.05) is 72.1 Å². The van der Waals surface area contributed by atoms with E-state index in [9.17, 15) is 49.8 Å². The quantitative estimate of drug-likeness (QED) is 0.0420. The van der Waals surface area contributed by atoms with Crippen LogP contribution in [0.1, 0.15) is 52.4 Å². The van der Waals surface area contributed by atoms with Crippen molar-refractivity contribution in [2.24, 2.45) is 5.92 Å². The van der Waals surface area contributed by atoms with Gasteiger partial charge in [0.05, 0.1) is 44.7 Å². The van der Waals surface area contributed by atoms with Crippen molar-refractivity contribution in [3.05, 3.63) is 0 Å². The van der Waals surface area contributed by atoms with Crippen LogP contribution in [-0.4, -0.2) is 175 Å². The van der Waals surface area contributed by atoms with Gasteiger partial charge < -0.3 is 75.6 Å². The normalized spacial score (nSPS) is 29.3. The molecule has 0 radical (unpaired) electrons. The maximum atomic E-state index is 12.1. The maximum Gasteiger partial charge on any atom is 0.222 e. The highest BCUT2D eigenvalue weighted by molar-refractivity contribution is 5.76. The second-order valence-corrected chi connectivity index (χ2v) is 12.6. The minimum absolute atomic E-state index is 0.116. The minimum Gasteiger partial charge on any atom is -0.396 e. The van der Waals surface area contributed by atoms with Crippen molar-refractivity contribution in [3.8, 4) is 0 Å². The molecule has 0 spiro atoms. The van der Waals surface area contributed by atoms with E-state index in [1.54, 1.807) is 0 Å². The third-order valence-corrected chi connectivity index (χ3v) is 8.42. The first-order chi connectivity index (χ1) is 24.4. The molecule has 51 heavy (non-hydrogen) atoms. The Morgan fingerprint density at radius 2 is 1.18 bits per heavy atom. The zero-order chi connectivity index (χ0) is 37.8. The first-order valence-electron chi connectivity index (χ1n) is 17.4. The van der Waals surface area contributed by atoms with Gasteiger partial charge in [0.25, 0.3) is 0 Å². The van der Waals surface area contributed by atoms with Crippen LogP contribution in [0.15, 0.2) is 0 Å². The second-order valence-electron chi connectivity index (χ2n) is 12.6. The standard InChI is InChI=1S/C32H58N4O15/c1-19(39)35-26-22(16-21(17-37)28(43)30(26)45)49-12-3-8-33-24(41)6-14-47-10-5-11-48-15-7-25(42)34-9-4-13-50-32-27(36-20(2)40)31(46)29(44)23(18-38)51-32/h21-23,26-32,37-38,43-46H,3-18H2,1-2H3,(H,33,41)(H,34,42)(H,35,39)(H,36,40)/t21?,22-,23?,26?,27?,28+,29+,30-,31-,32-/m1/s1. The minimum atomic E-state index is -1.40. The zero-order valence-electron chi connectivity index (χ0n) is 29.4. The molecule has 0 aromatic heterocycles. The van der Waals surface area contributed by atoms with Crippen LogP contribution in [0.2, 0.25) is 0 Å². The van der Waals surface area contributed by atoms with E-state index in [-0.39, 0.29) is 70.0 Å². The number of aliphatic hydroxyl groups is 6. The van der Waals surface area contributed by atoms with Gasteiger partial charge in [-0.2, -0.15) is 0 Å². The van der Waals surface area contributed by atoms with Crippen molar-refractivity contribution in [1.29, 1.82) is 0 Å². The Morgan fingerprint density at radius 1 is 0.647 bits per heavy atom. The average molecular weight is 739 g/mol. The van der Waals surface area contributed by atoms with Gasteiger partial charge in [-0.05, 0) is 25.7 Å². The van der Waals surface area contributed by atoms with Crippen LogP contribution < -0.4 is 21.3 Å². The van der Waals surface area contributed by atoms with E-state index >= 15 is 0 Å². The van der Waals surface area contributed by atoms with Crippen molar-refractivity contribution in [1.82, 2.24) is 21.3 Å². The fraction of sp³-hybridized carbons (Fsp3) is 0.875. The highest BCUT2D eigenvalue weighted by atomic mass is 16.7. The molecule has 19 nitrogen and oxygen atoms in total. The Labute approximate surface area is 297 Å². The van der Waals surface area contributed by atoms with Gasteiger partial charge in [0.15, 0.2) is 6.29 Å². The van der Waals surface area contributed by atoms with Crippen molar-refractivity contribution in [3.63, 3.8) is 0 Å². The lowest BCUT2D eigenvalue weighted by Crippen LogP contribution is -2.64. The lowest BCUT2D eigenvalue weighted by Gasteiger charge is -2.42. The number of aliphatic hydroxyl groups excluding tert-OH is 6. The molecule has 4 unspecified atom stereocenters. The van der Waals surface area contributed by atoms with E-state index in [1.807, 2.05) is 0 Å². The maximum absolute atomic E-state index is 12.1. The fourth-order valence-electron chi connectivity index (χ4n) is 5.68. The molecule has 10 atom stereocenters. The van der Waals surface area contributed by atoms with E-state index in [4.69, 9.17) is 23.7 Å². The summed E-state index contributed by atoms with van der Waals surface area (Å²) in [4.78, 5) is 47.1. The number of hydrogen-bond donors (Lipinski definition) is 10. The SMILES string of the molecule is CC(=O)NC1[C@H](OCCCNC(=O)CCOCCCOCCC(=O)NCCCO[C@@H]2CC(CO)[C@H](O)[C@H](O)C2NC(C)=O)OC(CO)[C@H](O)[C@@H]1O. The van der Waals surface area contributed by atoms with Gasteiger partial charge in [-0.15, -0.1) is 0 Å². The summed E-state index contributed by atoms with van der Waals surface area (Å²) in [7, 11) is 0. The number of amides is 4. The molecule has 2 fully saturated rings. The van der Waals surface area contributed by atoms with Crippen LogP contribution >= 0.6 is 0 Å². The van der Waals surface area contributed by atoms with Crippen LogP contribution in [0.4, 0.5) is 0 Å². The molecule has 2 rings (SSSR count). The highest BCUT2D eigenvalue weighted by Crippen LogP contribution is 2.28. The van der Waals surface area contributed by atoms with Gasteiger partial charge >= 0.3 is 0 Å². The molecule has 1 heterocycles. The lowest BCUT2D eigenvalue weighted by atomic mass is 9.79. The predicted molar refractivity (Wildman–Crippen MR) is 177 cm³/mol. The molecular weight excluding hydrogens is 680 g/mol. The smallest absolute Gasteiger partial charge is 0.222 e. The predicted octanol–water partition coefficient (Wildman–Crippen LogP) is -4.21. The third-order valence-electron chi connectivity index (χ3n) is 8.42. The van der Waals surface area contributed by atoms with Gasteiger partial charge in [0.1, 0.15) is 30.5 Å². The van der Waals surface area contributed by atoms with Crippen molar-refractivity contribution >= 4 is 23.6 Å². The molecule has 1 saturated heterocycles. The number of ether oxygens (including phenoxy) is 5. The van der Waals surface area contributed by atoms with Crippen LogP contribution in [-0.2, 0) is 42.9 Å². The fourth-order valence-corrected chi connectivity index (χ4v) is 5.68. The number of hydrogen-bond acceptors (Lipinski definition) is 15. The van der Waals surface area contributed by atoms with E-state index in [2.05, 4.69) is 21.3 Å². The summed E-state index contributed by atoms with van der Waals surface area (Å²) in [6.45, 7) is 3.86. The number of carbonyl (C=O) groups is 4. The summed E-state index contributed by atoms with van der Waals surface area (Å²) in [6, 6.07) is -1.84. The highest BCUT2D eigenvalue weighted by Gasteiger charge is 2.46. The molecule has 4 amide bonds. The average Bonchev–Trinajstić information content (AvgIpc) is 3.09. The Kier molecular flexibility index (Phi) is 21.5. The molecule has 296 valence electrons. The Balaban J connectivity index is 1.45. The van der Waals surface area contributed by atoms with Crippen LogP contribution in [0.25, 0.3) is 0 Å². The topological polar surface area (TPSA) is 284 Å². The summed E-state index contributed by atoms with van der Waals surface area (Å²) in [5.74, 6) is -1.81. The summed E-state index contributed by atoms with van der Waals surface area (Å²) >= 11 is 0. The zero-order valence-corrected chi connectivity index (χ0v) is 29.4. The summed E-state index contributed by atoms with van der Waals surface area (Å²) in [5, 5.41) is 70.3. The van der Waals surface area contributed by atoms with Gasteiger partial charge in [-0.3, -0.25) is 19.2 Å². The first kappa shape index (κ1) is 44.6. The van der Waals surface area contributed by atoms with Crippen LogP contribution in [0.5, 0.6) is 0 Å². The molecule has 19 heteroatoms. The number of rotatable bonds is 24. The largest absolute Gasteiger partial charge is 0.396 e. The molecule has 1 aliphatic carbocycles. The molecule has 0 bridgehead atoms. The van der Waals surface area contributed by atoms with Crippen molar-refractivity contribution in [2.45, 2.75) is 107 Å². The van der Waals surface area contributed by atoms with Gasteiger partial charge in [-0.1, -0.05) is 0 Å². The van der Waals surface area contributed by atoms with E-state index in [0.29, 0.717) is 45.6 Å². The number of carbonyl (C=O) groups excluding carboxylic acids is 4. The molecule has 0 aromatic carbocycles. The lowest BCUT2D eigenvalue weighted by molar-refractivity contribution is -0.270. The molecule has 0 aromatic rings. The van der Waals surface area contributed by atoms with Gasteiger partial charge in [-0.25, -0.2) is 0 Å². The van der Waals surface area contributed by atoms with E-state index in [0.717, 1.165) is 0 Å². The Morgan fingerprint density at radius 3 is 1.71 bits per heavy atom.